The van der Waals surface area contributed by atoms with Crippen LogP contribution in [-0.2, 0) is 14.3 Å². The SMILES string of the molecule is C/C=C/COCCC(=O)OC(C)(C)C. The summed E-state index contributed by atoms with van der Waals surface area (Å²) < 4.78 is 10.3. The predicted octanol–water partition coefficient (Wildman–Crippen LogP) is 2.31. The number of rotatable bonds is 5. The number of ether oxygens (including phenoxy) is 2. The second-order valence-electron chi connectivity index (χ2n) is 3.98. The molecule has 0 N–H and O–H groups in total. The van der Waals surface area contributed by atoms with Gasteiger partial charge in [0.15, 0.2) is 0 Å². The highest BCUT2D eigenvalue weighted by Crippen LogP contribution is 2.07. The van der Waals surface area contributed by atoms with E-state index in [0.717, 1.165) is 0 Å². The number of hydrogen-bond donors (Lipinski definition) is 0. The number of hydrogen-bond acceptors (Lipinski definition) is 3. The van der Waals surface area contributed by atoms with Gasteiger partial charge in [0.25, 0.3) is 0 Å². The van der Waals surface area contributed by atoms with Crippen molar-refractivity contribution in [1.29, 1.82) is 0 Å². The van der Waals surface area contributed by atoms with Crippen LogP contribution in [0.5, 0.6) is 0 Å². The normalized spacial score (nSPS) is 12.0. The van der Waals surface area contributed by atoms with Gasteiger partial charge in [-0.05, 0) is 27.7 Å². The van der Waals surface area contributed by atoms with Gasteiger partial charge in [-0.1, -0.05) is 12.2 Å². The van der Waals surface area contributed by atoms with Gasteiger partial charge in [-0.2, -0.15) is 0 Å². The highest BCUT2D eigenvalue weighted by atomic mass is 16.6. The van der Waals surface area contributed by atoms with E-state index in [1.807, 2.05) is 39.8 Å². The topological polar surface area (TPSA) is 35.5 Å². The van der Waals surface area contributed by atoms with E-state index in [1.54, 1.807) is 0 Å². The Kier molecular flexibility index (Phi) is 6.21. The molecule has 82 valence electrons. The van der Waals surface area contributed by atoms with Crippen LogP contribution in [0.3, 0.4) is 0 Å². The number of carbonyl (C=O) groups excluding carboxylic acids is 1. The Balaban J connectivity index is 3.45. The molecule has 0 aromatic rings. The van der Waals surface area contributed by atoms with E-state index in [2.05, 4.69) is 0 Å². The van der Waals surface area contributed by atoms with Crippen molar-refractivity contribution in [2.75, 3.05) is 13.2 Å². The van der Waals surface area contributed by atoms with Crippen molar-refractivity contribution in [3.05, 3.63) is 12.2 Å². The molecule has 0 aromatic heterocycles. The summed E-state index contributed by atoms with van der Waals surface area (Å²) >= 11 is 0. The van der Waals surface area contributed by atoms with Crippen LogP contribution in [0, 0.1) is 0 Å². The predicted molar refractivity (Wildman–Crippen MR) is 56.1 cm³/mol. The van der Waals surface area contributed by atoms with Gasteiger partial charge in [-0.3, -0.25) is 4.79 Å². The van der Waals surface area contributed by atoms with Crippen molar-refractivity contribution in [3.63, 3.8) is 0 Å². The number of allylic oxidation sites excluding steroid dienone is 1. The molecular formula is C11H20O3. The molecule has 0 aromatic carbocycles. The molecule has 3 nitrogen and oxygen atoms in total. The molecule has 0 aliphatic heterocycles. The Morgan fingerprint density at radius 3 is 2.50 bits per heavy atom. The summed E-state index contributed by atoms with van der Waals surface area (Å²) in [5.74, 6) is -0.210. The van der Waals surface area contributed by atoms with Crippen molar-refractivity contribution < 1.29 is 14.3 Å². The van der Waals surface area contributed by atoms with E-state index >= 15 is 0 Å². The lowest BCUT2D eigenvalue weighted by atomic mass is 10.2. The summed E-state index contributed by atoms with van der Waals surface area (Å²) in [6.45, 7) is 8.46. The minimum Gasteiger partial charge on any atom is -0.460 e. The average molecular weight is 200 g/mol. The lowest BCUT2D eigenvalue weighted by Gasteiger charge is -2.19. The van der Waals surface area contributed by atoms with Crippen molar-refractivity contribution in [2.24, 2.45) is 0 Å². The fraction of sp³-hybridized carbons (Fsp3) is 0.727. The first kappa shape index (κ1) is 13.2. The molecule has 0 atom stereocenters. The zero-order valence-corrected chi connectivity index (χ0v) is 9.50. The molecule has 14 heavy (non-hydrogen) atoms. The average Bonchev–Trinajstić information content (AvgIpc) is 2.00. The Bertz CT molecular complexity index is 189. The van der Waals surface area contributed by atoms with Gasteiger partial charge < -0.3 is 9.47 Å². The molecule has 0 saturated carbocycles. The molecule has 0 aliphatic rings. The zero-order valence-electron chi connectivity index (χ0n) is 9.50. The van der Waals surface area contributed by atoms with Crippen LogP contribution >= 0.6 is 0 Å². The maximum absolute atomic E-state index is 11.2. The Morgan fingerprint density at radius 2 is 2.00 bits per heavy atom. The minimum atomic E-state index is -0.402. The van der Waals surface area contributed by atoms with E-state index in [4.69, 9.17) is 9.47 Å². The summed E-state index contributed by atoms with van der Waals surface area (Å²) in [5, 5.41) is 0. The van der Waals surface area contributed by atoms with Gasteiger partial charge in [0.05, 0.1) is 19.6 Å². The van der Waals surface area contributed by atoms with Crippen LogP contribution in [0.4, 0.5) is 0 Å². The fourth-order valence-electron chi connectivity index (χ4n) is 0.796. The molecule has 0 spiro atoms. The molecule has 0 heterocycles. The molecule has 0 amide bonds. The fourth-order valence-corrected chi connectivity index (χ4v) is 0.796. The molecule has 0 rings (SSSR count). The summed E-state index contributed by atoms with van der Waals surface area (Å²) in [6.07, 6.45) is 4.12. The van der Waals surface area contributed by atoms with Crippen molar-refractivity contribution in [3.8, 4) is 0 Å². The lowest BCUT2D eigenvalue weighted by Crippen LogP contribution is -2.24. The third-order valence-corrected chi connectivity index (χ3v) is 1.32. The minimum absolute atomic E-state index is 0.210. The van der Waals surface area contributed by atoms with Gasteiger partial charge in [0.2, 0.25) is 0 Å². The van der Waals surface area contributed by atoms with Crippen LogP contribution in [0.1, 0.15) is 34.1 Å². The van der Waals surface area contributed by atoms with E-state index in [9.17, 15) is 4.79 Å². The van der Waals surface area contributed by atoms with E-state index in [0.29, 0.717) is 19.6 Å². The van der Waals surface area contributed by atoms with Crippen LogP contribution in [0.2, 0.25) is 0 Å². The largest absolute Gasteiger partial charge is 0.460 e. The monoisotopic (exact) mass is 200 g/mol. The van der Waals surface area contributed by atoms with E-state index in [-0.39, 0.29) is 5.97 Å². The highest BCUT2D eigenvalue weighted by molar-refractivity contribution is 5.69. The van der Waals surface area contributed by atoms with Crippen molar-refractivity contribution in [2.45, 2.75) is 39.7 Å². The van der Waals surface area contributed by atoms with Gasteiger partial charge in [0, 0.05) is 0 Å². The summed E-state index contributed by atoms with van der Waals surface area (Å²) in [7, 11) is 0. The van der Waals surface area contributed by atoms with Gasteiger partial charge >= 0.3 is 5.97 Å². The third-order valence-electron chi connectivity index (χ3n) is 1.32. The maximum atomic E-state index is 11.2. The van der Waals surface area contributed by atoms with Crippen LogP contribution in [0.15, 0.2) is 12.2 Å². The first-order chi connectivity index (χ1) is 6.45. The molecular weight excluding hydrogens is 180 g/mol. The Morgan fingerprint density at radius 1 is 1.36 bits per heavy atom. The standard InChI is InChI=1S/C11H20O3/c1-5-6-8-13-9-7-10(12)14-11(2,3)4/h5-6H,7-9H2,1-4H3/b6-5+. The third kappa shape index (κ3) is 9.26. The molecule has 0 radical (unpaired) electrons. The summed E-state index contributed by atoms with van der Waals surface area (Å²) in [4.78, 5) is 11.2. The van der Waals surface area contributed by atoms with Gasteiger partial charge in [-0.25, -0.2) is 0 Å². The molecule has 0 aliphatic carbocycles. The van der Waals surface area contributed by atoms with Crippen LogP contribution in [0.25, 0.3) is 0 Å². The molecule has 0 bridgehead atoms. The molecule has 3 heteroatoms. The second kappa shape index (κ2) is 6.60. The Labute approximate surface area is 86.1 Å². The number of carbonyl (C=O) groups is 1. The van der Waals surface area contributed by atoms with E-state index in [1.165, 1.54) is 0 Å². The first-order valence-electron chi connectivity index (χ1n) is 4.86. The van der Waals surface area contributed by atoms with Gasteiger partial charge in [0.1, 0.15) is 5.60 Å². The molecule has 0 saturated heterocycles. The lowest BCUT2D eigenvalue weighted by molar-refractivity contribution is -0.155. The molecule has 0 fully saturated rings. The van der Waals surface area contributed by atoms with Crippen molar-refractivity contribution in [1.82, 2.24) is 0 Å². The molecule has 0 unspecified atom stereocenters. The van der Waals surface area contributed by atoms with E-state index < -0.39 is 5.60 Å². The smallest absolute Gasteiger partial charge is 0.308 e. The number of esters is 1. The van der Waals surface area contributed by atoms with Crippen LogP contribution < -0.4 is 0 Å². The maximum Gasteiger partial charge on any atom is 0.308 e. The Hall–Kier alpha value is -0.830. The summed E-state index contributed by atoms with van der Waals surface area (Å²) in [6, 6.07) is 0. The van der Waals surface area contributed by atoms with Crippen LogP contribution in [-0.4, -0.2) is 24.8 Å². The summed E-state index contributed by atoms with van der Waals surface area (Å²) in [5.41, 5.74) is -0.402. The second-order valence-corrected chi connectivity index (χ2v) is 3.98. The van der Waals surface area contributed by atoms with Gasteiger partial charge in [-0.15, -0.1) is 0 Å². The highest BCUT2D eigenvalue weighted by Gasteiger charge is 2.15. The quantitative estimate of drug-likeness (QED) is 0.388. The van der Waals surface area contributed by atoms with Crippen molar-refractivity contribution >= 4 is 5.97 Å². The first-order valence-corrected chi connectivity index (χ1v) is 4.86. The zero-order chi connectivity index (χ0) is 11.0.